The van der Waals surface area contributed by atoms with Gasteiger partial charge < -0.3 is 14.8 Å². The summed E-state index contributed by atoms with van der Waals surface area (Å²) in [6.45, 7) is 13.6. The molecule has 0 bridgehead atoms. The summed E-state index contributed by atoms with van der Waals surface area (Å²) in [5.41, 5.74) is 0.0721. The van der Waals surface area contributed by atoms with Crippen LogP contribution in [-0.4, -0.2) is 61.5 Å². The summed E-state index contributed by atoms with van der Waals surface area (Å²) in [4.78, 5) is 2.55. The molecule has 0 saturated carbocycles. The van der Waals surface area contributed by atoms with Gasteiger partial charge in [-0.3, -0.25) is 4.90 Å². The Hall–Kier alpha value is -0.160. The van der Waals surface area contributed by atoms with Crippen LogP contribution in [0.15, 0.2) is 0 Å². The molecule has 2 unspecified atom stereocenters. The summed E-state index contributed by atoms with van der Waals surface area (Å²) in [7, 11) is 0. The second-order valence-electron chi connectivity index (χ2n) is 6.82. The molecule has 2 fully saturated rings. The summed E-state index contributed by atoms with van der Waals surface area (Å²) in [5, 5.41) is 3.52. The van der Waals surface area contributed by atoms with Crippen molar-refractivity contribution in [2.24, 2.45) is 0 Å². The second-order valence-corrected chi connectivity index (χ2v) is 6.82. The lowest BCUT2D eigenvalue weighted by molar-refractivity contribution is -0.0607. The smallest absolute Gasteiger partial charge is 0.0710 e. The van der Waals surface area contributed by atoms with Crippen LogP contribution in [0.1, 0.15) is 40.5 Å². The summed E-state index contributed by atoms with van der Waals surface area (Å²) >= 11 is 0. The number of nitrogens with zero attached hydrogens (tertiary/aromatic N) is 1. The van der Waals surface area contributed by atoms with Gasteiger partial charge in [-0.2, -0.15) is 0 Å². The normalized spacial score (nSPS) is 32.1. The first-order chi connectivity index (χ1) is 8.96. The first-order valence-corrected chi connectivity index (χ1v) is 7.69. The molecule has 0 aromatic carbocycles. The topological polar surface area (TPSA) is 33.7 Å². The lowest BCUT2D eigenvalue weighted by Crippen LogP contribution is -2.53. The first kappa shape index (κ1) is 15.2. The quantitative estimate of drug-likeness (QED) is 0.823. The number of ether oxygens (including phenoxy) is 2. The Kier molecular flexibility index (Phi) is 5.23. The van der Waals surface area contributed by atoms with E-state index < -0.39 is 0 Å². The van der Waals surface area contributed by atoms with Gasteiger partial charge in [-0.05, 0) is 26.7 Å². The van der Waals surface area contributed by atoms with Gasteiger partial charge in [-0.25, -0.2) is 0 Å². The molecule has 0 radical (unpaired) electrons. The molecule has 4 heteroatoms. The third-order valence-corrected chi connectivity index (χ3v) is 4.10. The molecule has 112 valence electrons. The van der Waals surface area contributed by atoms with Crippen LogP contribution in [0.5, 0.6) is 0 Å². The molecule has 0 aromatic rings. The number of hydrogen-bond acceptors (Lipinski definition) is 4. The number of morpholine rings is 1. The predicted molar refractivity (Wildman–Crippen MR) is 77.5 cm³/mol. The highest BCUT2D eigenvalue weighted by atomic mass is 16.5. The van der Waals surface area contributed by atoms with E-state index in [0.717, 1.165) is 32.8 Å². The second kappa shape index (κ2) is 6.53. The minimum Gasteiger partial charge on any atom is -0.378 e. The van der Waals surface area contributed by atoms with E-state index in [4.69, 9.17) is 9.47 Å². The maximum atomic E-state index is 6.12. The van der Waals surface area contributed by atoms with Gasteiger partial charge in [0.2, 0.25) is 0 Å². The predicted octanol–water partition coefficient (Wildman–Crippen LogP) is 1.64. The van der Waals surface area contributed by atoms with Crippen LogP contribution in [0.25, 0.3) is 0 Å². The molecule has 2 aliphatic rings. The van der Waals surface area contributed by atoms with Crippen LogP contribution in [0.4, 0.5) is 0 Å². The van der Waals surface area contributed by atoms with Crippen molar-refractivity contribution in [1.29, 1.82) is 0 Å². The number of hydrogen-bond donors (Lipinski definition) is 1. The zero-order chi connectivity index (χ0) is 13.9. The zero-order valence-electron chi connectivity index (χ0n) is 12.9. The van der Waals surface area contributed by atoms with E-state index in [1.165, 1.54) is 12.8 Å². The van der Waals surface area contributed by atoms with Crippen molar-refractivity contribution in [3.05, 3.63) is 0 Å². The molecule has 4 nitrogen and oxygen atoms in total. The largest absolute Gasteiger partial charge is 0.378 e. The molecule has 1 N–H and O–H groups in total. The molecule has 2 heterocycles. The van der Waals surface area contributed by atoms with E-state index in [0.29, 0.717) is 18.2 Å². The van der Waals surface area contributed by atoms with Crippen molar-refractivity contribution in [2.75, 3.05) is 32.8 Å². The lowest BCUT2D eigenvalue weighted by Gasteiger charge is -2.37. The maximum absolute atomic E-state index is 6.12. The van der Waals surface area contributed by atoms with E-state index in [1.54, 1.807) is 0 Å². The van der Waals surface area contributed by atoms with Crippen molar-refractivity contribution >= 4 is 0 Å². The molecule has 2 atom stereocenters. The van der Waals surface area contributed by atoms with Gasteiger partial charge in [0.25, 0.3) is 0 Å². The van der Waals surface area contributed by atoms with Gasteiger partial charge >= 0.3 is 0 Å². The van der Waals surface area contributed by atoms with Gasteiger partial charge in [0.05, 0.1) is 24.9 Å². The lowest BCUT2D eigenvalue weighted by atomic mass is 10.1. The molecule has 0 spiro atoms. The summed E-state index contributed by atoms with van der Waals surface area (Å²) < 4.78 is 11.8. The molecular weight excluding hydrogens is 240 g/mol. The average molecular weight is 270 g/mol. The third-order valence-electron chi connectivity index (χ3n) is 4.10. The van der Waals surface area contributed by atoms with E-state index >= 15 is 0 Å². The fraction of sp³-hybridized carbons (Fsp3) is 1.00. The minimum atomic E-state index is 0.0721. The number of nitrogens with one attached hydrogen (secondary N) is 1. The Morgan fingerprint density at radius 1 is 1.37 bits per heavy atom. The highest BCUT2D eigenvalue weighted by molar-refractivity contribution is 4.86. The van der Waals surface area contributed by atoms with Crippen LogP contribution in [0.3, 0.4) is 0 Å². The third kappa shape index (κ3) is 4.71. The van der Waals surface area contributed by atoms with Crippen molar-refractivity contribution in [1.82, 2.24) is 10.2 Å². The van der Waals surface area contributed by atoms with Crippen LogP contribution >= 0.6 is 0 Å². The van der Waals surface area contributed by atoms with Crippen molar-refractivity contribution in [2.45, 2.75) is 64.3 Å². The monoisotopic (exact) mass is 270 g/mol. The van der Waals surface area contributed by atoms with E-state index in [-0.39, 0.29) is 5.60 Å². The maximum Gasteiger partial charge on any atom is 0.0710 e. The number of rotatable bonds is 5. The van der Waals surface area contributed by atoms with Gasteiger partial charge in [-0.1, -0.05) is 13.8 Å². The Balaban J connectivity index is 1.82. The van der Waals surface area contributed by atoms with Crippen LogP contribution in [-0.2, 0) is 9.47 Å². The molecule has 2 saturated heterocycles. The molecule has 0 aliphatic carbocycles. The van der Waals surface area contributed by atoms with Crippen molar-refractivity contribution < 1.29 is 9.47 Å². The van der Waals surface area contributed by atoms with E-state index in [1.807, 2.05) is 0 Å². The highest BCUT2D eigenvalue weighted by Crippen LogP contribution is 2.30. The fourth-order valence-electron chi connectivity index (χ4n) is 2.96. The Morgan fingerprint density at radius 2 is 2.16 bits per heavy atom. The Labute approximate surface area is 117 Å². The molecule has 2 aliphatic heterocycles. The fourth-order valence-corrected chi connectivity index (χ4v) is 2.96. The van der Waals surface area contributed by atoms with Gasteiger partial charge in [0.1, 0.15) is 0 Å². The summed E-state index contributed by atoms with van der Waals surface area (Å²) in [6.07, 6.45) is 2.76. The van der Waals surface area contributed by atoms with Crippen LogP contribution < -0.4 is 5.32 Å². The average Bonchev–Trinajstić information content (AvgIpc) is 2.67. The van der Waals surface area contributed by atoms with Gasteiger partial charge in [0, 0.05) is 31.7 Å². The molecular formula is C15H30N2O2. The highest BCUT2D eigenvalue weighted by Gasteiger charge is 2.34. The van der Waals surface area contributed by atoms with Crippen LogP contribution in [0.2, 0.25) is 0 Å². The Bertz CT molecular complexity index is 281. The minimum absolute atomic E-state index is 0.0721. The van der Waals surface area contributed by atoms with Crippen molar-refractivity contribution in [3.63, 3.8) is 0 Å². The molecule has 2 rings (SSSR count). The Morgan fingerprint density at radius 3 is 2.79 bits per heavy atom. The van der Waals surface area contributed by atoms with Crippen molar-refractivity contribution in [3.8, 4) is 0 Å². The van der Waals surface area contributed by atoms with Gasteiger partial charge in [-0.15, -0.1) is 0 Å². The SMILES string of the molecule is CC(C)NCC1COCCN1CC1CCC(C)(C)O1. The summed E-state index contributed by atoms with van der Waals surface area (Å²) in [5.74, 6) is 0. The van der Waals surface area contributed by atoms with Crippen LogP contribution in [0, 0.1) is 0 Å². The summed E-state index contributed by atoms with van der Waals surface area (Å²) in [6, 6.07) is 1.02. The van der Waals surface area contributed by atoms with Gasteiger partial charge in [0.15, 0.2) is 0 Å². The van der Waals surface area contributed by atoms with E-state index in [2.05, 4.69) is 37.9 Å². The molecule has 0 amide bonds. The zero-order valence-corrected chi connectivity index (χ0v) is 12.9. The molecule has 19 heavy (non-hydrogen) atoms. The molecule has 0 aromatic heterocycles. The van der Waals surface area contributed by atoms with E-state index in [9.17, 15) is 0 Å². The standard InChI is InChI=1S/C15H30N2O2/c1-12(2)16-9-13-11-18-8-7-17(13)10-14-5-6-15(3,4)19-14/h12-14,16H,5-11H2,1-4H3. The first-order valence-electron chi connectivity index (χ1n) is 7.69.